The van der Waals surface area contributed by atoms with Gasteiger partial charge in [-0.2, -0.15) is 0 Å². The minimum absolute atomic E-state index is 0.0513. The summed E-state index contributed by atoms with van der Waals surface area (Å²) in [5, 5.41) is 12.2. The Morgan fingerprint density at radius 2 is 1.48 bits per heavy atom. The van der Waals surface area contributed by atoms with Gasteiger partial charge in [0.1, 0.15) is 5.75 Å². The molecule has 1 heterocycles. The van der Waals surface area contributed by atoms with Gasteiger partial charge in [-0.15, -0.1) is 0 Å². The Balaban J connectivity index is 2.52. The summed E-state index contributed by atoms with van der Waals surface area (Å²) in [6.07, 6.45) is 0. The van der Waals surface area contributed by atoms with Gasteiger partial charge in [-0.3, -0.25) is 0 Å². The van der Waals surface area contributed by atoms with Crippen LogP contribution in [0.15, 0.2) is 36.4 Å². The topological polar surface area (TPSA) is 36.0 Å². The molecule has 0 bridgehead atoms. The second-order valence-corrected chi connectivity index (χ2v) is 9.06. The maximum absolute atomic E-state index is 11.2. The van der Waals surface area contributed by atoms with Crippen LogP contribution in [0.5, 0.6) is 5.75 Å². The van der Waals surface area contributed by atoms with E-state index in [0.717, 1.165) is 27.7 Å². The summed E-state index contributed by atoms with van der Waals surface area (Å²) >= 11 is 0. The lowest BCUT2D eigenvalue weighted by Gasteiger charge is -2.25. The van der Waals surface area contributed by atoms with Crippen molar-refractivity contribution >= 4 is 10.9 Å². The number of aryl methyl sites for hydroxylation is 1. The van der Waals surface area contributed by atoms with Gasteiger partial charge in [-0.1, -0.05) is 71.9 Å². The average Bonchev–Trinajstić information content (AvgIpc) is 2.85. The zero-order valence-electron chi connectivity index (χ0n) is 16.4. The van der Waals surface area contributed by atoms with Crippen molar-refractivity contribution in [2.45, 2.75) is 59.3 Å². The number of aromatic amines is 1. The van der Waals surface area contributed by atoms with Gasteiger partial charge in [-0.05, 0) is 34.9 Å². The molecular formula is C23H29NO. The molecular weight excluding hydrogens is 306 g/mol. The molecule has 0 radical (unpaired) electrons. The second kappa shape index (κ2) is 5.66. The number of rotatable bonds is 1. The van der Waals surface area contributed by atoms with Crippen LogP contribution >= 0.6 is 0 Å². The van der Waals surface area contributed by atoms with E-state index in [1.54, 1.807) is 0 Å². The van der Waals surface area contributed by atoms with E-state index in [1.165, 1.54) is 11.1 Å². The first-order valence-electron chi connectivity index (χ1n) is 8.96. The van der Waals surface area contributed by atoms with Gasteiger partial charge in [0, 0.05) is 22.2 Å². The minimum Gasteiger partial charge on any atom is -0.507 e. The van der Waals surface area contributed by atoms with E-state index in [9.17, 15) is 5.11 Å². The van der Waals surface area contributed by atoms with Crippen molar-refractivity contribution in [2.75, 3.05) is 0 Å². The van der Waals surface area contributed by atoms with E-state index in [-0.39, 0.29) is 10.8 Å². The third-order valence-electron chi connectivity index (χ3n) is 4.88. The maximum Gasteiger partial charge on any atom is 0.129 e. The first kappa shape index (κ1) is 17.6. The zero-order chi connectivity index (χ0) is 18.6. The highest BCUT2D eigenvalue weighted by Gasteiger charge is 2.29. The molecule has 2 heteroatoms. The largest absolute Gasteiger partial charge is 0.507 e. The summed E-state index contributed by atoms with van der Waals surface area (Å²) in [5.41, 5.74) is 6.47. The summed E-state index contributed by atoms with van der Waals surface area (Å²) in [5.74, 6) is 0.413. The molecule has 2 nitrogen and oxygen atoms in total. The lowest BCUT2D eigenvalue weighted by atomic mass is 9.79. The normalized spacial score (nSPS) is 12.8. The van der Waals surface area contributed by atoms with Crippen LogP contribution < -0.4 is 0 Å². The van der Waals surface area contributed by atoms with E-state index in [4.69, 9.17) is 0 Å². The number of nitrogens with one attached hydrogen (secondary N) is 1. The molecule has 3 rings (SSSR count). The predicted molar refractivity (Wildman–Crippen MR) is 108 cm³/mol. The van der Waals surface area contributed by atoms with Gasteiger partial charge >= 0.3 is 0 Å². The first-order chi connectivity index (χ1) is 11.5. The van der Waals surface area contributed by atoms with Crippen LogP contribution in [-0.4, -0.2) is 10.1 Å². The van der Waals surface area contributed by atoms with Crippen LogP contribution in [0.25, 0.3) is 22.0 Å². The number of H-pyrrole nitrogens is 1. The van der Waals surface area contributed by atoms with Crippen LogP contribution in [0.2, 0.25) is 0 Å². The van der Waals surface area contributed by atoms with Gasteiger partial charge in [0.25, 0.3) is 0 Å². The Morgan fingerprint density at radius 3 is 2.00 bits per heavy atom. The van der Waals surface area contributed by atoms with Gasteiger partial charge in [-0.25, -0.2) is 0 Å². The smallest absolute Gasteiger partial charge is 0.129 e. The molecule has 1 aromatic heterocycles. The van der Waals surface area contributed by atoms with Gasteiger partial charge < -0.3 is 10.1 Å². The number of fused-ring (bicyclic) bond motifs is 1. The fourth-order valence-electron chi connectivity index (χ4n) is 3.84. The third-order valence-corrected chi connectivity index (χ3v) is 4.88. The molecule has 0 fully saturated rings. The number of aromatic hydroxyl groups is 1. The van der Waals surface area contributed by atoms with Crippen molar-refractivity contribution < 1.29 is 5.11 Å². The summed E-state index contributed by atoms with van der Waals surface area (Å²) < 4.78 is 0. The summed E-state index contributed by atoms with van der Waals surface area (Å²) in [6.45, 7) is 15.2. The summed E-state index contributed by atoms with van der Waals surface area (Å²) in [4.78, 5) is 3.56. The van der Waals surface area contributed by atoms with Gasteiger partial charge in [0.15, 0.2) is 0 Å². The lowest BCUT2D eigenvalue weighted by molar-refractivity contribution is 0.451. The quantitative estimate of drug-likeness (QED) is 0.527. The molecule has 0 aliphatic heterocycles. The fraction of sp³-hybridized carbons (Fsp3) is 0.391. The predicted octanol–water partition coefficient (Wildman–Crippen LogP) is 6.44. The average molecular weight is 335 g/mol. The van der Waals surface area contributed by atoms with Crippen molar-refractivity contribution in [1.82, 2.24) is 4.98 Å². The van der Waals surface area contributed by atoms with Crippen LogP contribution in [0, 0.1) is 6.92 Å². The van der Waals surface area contributed by atoms with Crippen LogP contribution in [0.4, 0.5) is 0 Å². The minimum atomic E-state index is -0.137. The maximum atomic E-state index is 11.2. The number of benzene rings is 2. The van der Waals surface area contributed by atoms with Crippen molar-refractivity contribution in [2.24, 2.45) is 0 Å². The van der Waals surface area contributed by atoms with Gasteiger partial charge in [0.2, 0.25) is 0 Å². The molecule has 3 aromatic rings. The van der Waals surface area contributed by atoms with E-state index < -0.39 is 0 Å². The van der Waals surface area contributed by atoms with E-state index in [2.05, 4.69) is 83.8 Å². The van der Waals surface area contributed by atoms with Crippen LogP contribution in [-0.2, 0) is 10.8 Å². The molecule has 0 spiro atoms. The SMILES string of the molecule is Cc1[nH]c2c(-c3ccccc3)cc(C(C)(C)C)c(O)c2c1C(C)(C)C. The highest BCUT2D eigenvalue weighted by Crippen LogP contribution is 2.46. The molecule has 0 saturated carbocycles. The highest BCUT2D eigenvalue weighted by molar-refractivity contribution is 6.02. The molecule has 0 amide bonds. The Bertz CT molecular complexity index is 919. The third kappa shape index (κ3) is 2.95. The molecule has 0 saturated heterocycles. The zero-order valence-corrected chi connectivity index (χ0v) is 16.4. The Kier molecular flexibility index (Phi) is 3.98. The fourth-order valence-corrected chi connectivity index (χ4v) is 3.84. The molecule has 0 aliphatic carbocycles. The first-order valence-corrected chi connectivity index (χ1v) is 8.96. The molecule has 2 aromatic carbocycles. The van der Waals surface area contributed by atoms with Crippen molar-refractivity contribution in [3.05, 3.63) is 53.2 Å². The van der Waals surface area contributed by atoms with Crippen LogP contribution in [0.1, 0.15) is 58.4 Å². The number of aromatic nitrogens is 1. The monoisotopic (exact) mass is 335 g/mol. The number of phenols is 1. The number of hydrogen-bond acceptors (Lipinski definition) is 1. The molecule has 0 atom stereocenters. The van der Waals surface area contributed by atoms with Gasteiger partial charge in [0.05, 0.1) is 5.52 Å². The van der Waals surface area contributed by atoms with E-state index in [1.807, 2.05) is 6.07 Å². The van der Waals surface area contributed by atoms with Crippen LogP contribution in [0.3, 0.4) is 0 Å². The molecule has 0 aliphatic rings. The summed E-state index contributed by atoms with van der Waals surface area (Å²) in [6, 6.07) is 12.6. The number of hydrogen-bond donors (Lipinski definition) is 2. The Hall–Kier alpha value is -2.22. The molecule has 25 heavy (non-hydrogen) atoms. The lowest BCUT2D eigenvalue weighted by Crippen LogP contribution is -2.14. The van der Waals surface area contributed by atoms with Crippen molar-refractivity contribution in [1.29, 1.82) is 0 Å². The van der Waals surface area contributed by atoms with E-state index >= 15 is 0 Å². The van der Waals surface area contributed by atoms with Crippen molar-refractivity contribution in [3.8, 4) is 16.9 Å². The molecule has 132 valence electrons. The van der Waals surface area contributed by atoms with Crippen molar-refractivity contribution in [3.63, 3.8) is 0 Å². The standard InChI is InChI=1S/C23H29NO/c1-14-19(23(5,6)7)18-20(24-14)16(15-11-9-8-10-12-15)13-17(21(18)25)22(2,3)4/h8-13,24-25H,1-7H3. The summed E-state index contributed by atoms with van der Waals surface area (Å²) in [7, 11) is 0. The Morgan fingerprint density at radius 1 is 0.880 bits per heavy atom. The molecule has 0 unspecified atom stereocenters. The highest BCUT2D eigenvalue weighted by atomic mass is 16.3. The number of phenolic OH excluding ortho intramolecular Hbond substituents is 1. The second-order valence-electron chi connectivity index (χ2n) is 9.06. The Labute approximate surface area is 150 Å². The molecule has 2 N–H and O–H groups in total. The van der Waals surface area contributed by atoms with E-state index in [0.29, 0.717) is 5.75 Å².